The van der Waals surface area contributed by atoms with Crippen molar-refractivity contribution in [1.82, 2.24) is 5.32 Å². The maximum Gasteiger partial charge on any atom is 0.0586 e. The van der Waals surface area contributed by atoms with Crippen LogP contribution in [0.15, 0.2) is 42.5 Å². The maximum absolute atomic E-state index is 8.95. The molecule has 0 saturated heterocycles. The molecule has 0 bridgehead atoms. The monoisotopic (exact) mass is 253 g/mol. The minimum absolute atomic E-state index is 0.257. The Morgan fingerprint density at radius 1 is 1.05 bits per heavy atom. The van der Waals surface area contributed by atoms with Crippen molar-refractivity contribution in [1.29, 1.82) is 0 Å². The number of hydrogen-bond acceptors (Lipinski definition) is 2. The zero-order chi connectivity index (χ0) is 13.2. The van der Waals surface area contributed by atoms with Crippen LogP contribution in [-0.2, 0) is 6.42 Å². The second-order valence-electron chi connectivity index (χ2n) is 5.06. The summed E-state index contributed by atoms with van der Waals surface area (Å²) in [6.45, 7) is 0.257. The summed E-state index contributed by atoms with van der Waals surface area (Å²) in [6.07, 6.45) is 1.77. The van der Waals surface area contributed by atoms with Gasteiger partial charge in [0, 0.05) is 6.61 Å². The number of fused-ring (bicyclic) bond motifs is 3. The minimum Gasteiger partial charge on any atom is -0.396 e. The molecule has 98 valence electrons. The predicted octanol–water partition coefficient (Wildman–Crippen LogP) is 2.90. The van der Waals surface area contributed by atoms with E-state index in [9.17, 15) is 0 Å². The first-order chi connectivity index (χ1) is 9.35. The number of aliphatic hydroxyl groups is 1. The molecule has 2 aromatic carbocycles. The van der Waals surface area contributed by atoms with Crippen molar-refractivity contribution in [2.24, 2.45) is 0 Å². The highest BCUT2D eigenvalue weighted by atomic mass is 16.2. The minimum atomic E-state index is 0.257. The molecule has 0 radical (unpaired) electrons. The molecule has 2 aromatic rings. The number of aryl methyl sites for hydroxylation is 1. The van der Waals surface area contributed by atoms with Gasteiger partial charge in [0.2, 0.25) is 0 Å². The second-order valence-corrected chi connectivity index (χ2v) is 5.06. The highest BCUT2D eigenvalue weighted by molar-refractivity contribution is 5.79. The first-order valence-corrected chi connectivity index (χ1v) is 6.85. The largest absolute Gasteiger partial charge is 0.396 e. The molecular weight excluding hydrogens is 234 g/mol. The summed E-state index contributed by atoms with van der Waals surface area (Å²) < 4.78 is 0. The van der Waals surface area contributed by atoms with E-state index in [4.69, 9.17) is 5.11 Å². The van der Waals surface area contributed by atoms with Gasteiger partial charge in [-0.2, -0.15) is 0 Å². The van der Waals surface area contributed by atoms with E-state index in [2.05, 4.69) is 47.8 Å². The summed E-state index contributed by atoms with van der Waals surface area (Å²) in [5, 5.41) is 12.3. The third kappa shape index (κ3) is 2.07. The number of nitrogens with one attached hydrogen (secondary N) is 1. The van der Waals surface area contributed by atoms with Gasteiger partial charge in [0.15, 0.2) is 0 Å². The van der Waals surface area contributed by atoms with Gasteiger partial charge in [-0.25, -0.2) is 0 Å². The van der Waals surface area contributed by atoms with Crippen LogP contribution in [0.25, 0.3) is 11.1 Å². The van der Waals surface area contributed by atoms with Crippen LogP contribution < -0.4 is 5.32 Å². The van der Waals surface area contributed by atoms with Crippen LogP contribution in [0.5, 0.6) is 0 Å². The van der Waals surface area contributed by atoms with Crippen molar-refractivity contribution in [2.75, 3.05) is 13.7 Å². The smallest absolute Gasteiger partial charge is 0.0586 e. The molecule has 0 heterocycles. The van der Waals surface area contributed by atoms with Crippen molar-refractivity contribution < 1.29 is 5.11 Å². The molecule has 1 unspecified atom stereocenters. The van der Waals surface area contributed by atoms with Gasteiger partial charge in [-0.3, -0.25) is 0 Å². The Hall–Kier alpha value is -1.64. The molecule has 0 aromatic heterocycles. The molecule has 1 aliphatic rings. The topological polar surface area (TPSA) is 32.3 Å². The first-order valence-electron chi connectivity index (χ1n) is 6.85. The number of rotatable bonds is 4. The standard InChI is InChI=1S/C17H19NO/c1-18-17-14-7-3-2-6-13(14)16-11-12(5-4-10-19)8-9-15(16)17/h2-3,6-9,11,17-19H,4-5,10H2,1H3. The lowest BCUT2D eigenvalue weighted by atomic mass is 10.00. The van der Waals surface area contributed by atoms with E-state index in [1.54, 1.807) is 0 Å². The van der Waals surface area contributed by atoms with Crippen LogP contribution >= 0.6 is 0 Å². The van der Waals surface area contributed by atoms with Crippen molar-refractivity contribution in [3.8, 4) is 11.1 Å². The summed E-state index contributed by atoms with van der Waals surface area (Å²) in [7, 11) is 2.01. The summed E-state index contributed by atoms with van der Waals surface area (Å²) >= 11 is 0. The molecule has 2 N–H and O–H groups in total. The molecule has 0 aliphatic heterocycles. The van der Waals surface area contributed by atoms with E-state index in [-0.39, 0.29) is 6.61 Å². The molecule has 0 fully saturated rings. The molecule has 0 spiro atoms. The first kappa shape index (κ1) is 12.4. The van der Waals surface area contributed by atoms with Gasteiger partial charge < -0.3 is 10.4 Å². The Labute approximate surface area is 114 Å². The van der Waals surface area contributed by atoms with Gasteiger partial charge in [0.05, 0.1) is 6.04 Å². The van der Waals surface area contributed by atoms with Crippen LogP contribution in [0.4, 0.5) is 0 Å². The number of aliphatic hydroxyl groups excluding tert-OH is 1. The van der Waals surface area contributed by atoms with Crippen LogP contribution in [0.2, 0.25) is 0 Å². The molecule has 1 atom stereocenters. The van der Waals surface area contributed by atoms with Crippen LogP contribution in [-0.4, -0.2) is 18.8 Å². The van der Waals surface area contributed by atoms with Gasteiger partial charge in [0.1, 0.15) is 0 Å². The zero-order valence-corrected chi connectivity index (χ0v) is 11.2. The van der Waals surface area contributed by atoms with Crippen LogP contribution in [0, 0.1) is 0 Å². The van der Waals surface area contributed by atoms with Crippen molar-refractivity contribution in [3.63, 3.8) is 0 Å². The normalized spacial score (nSPS) is 16.2. The van der Waals surface area contributed by atoms with Crippen LogP contribution in [0.3, 0.4) is 0 Å². The predicted molar refractivity (Wildman–Crippen MR) is 78.2 cm³/mol. The van der Waals surface area contributed by atoms with E-state index < -0.39 is 0 Å². The molecule has 1 aliphatic carbocycles. The SMILES string of the molecule is CNC1c2ccccc2-c2cc(CCCO)ccc21. The zero-order valence-electron chi connectivity index (χ0n) is 11.2. The van der Waals surface area contributed by atoms with Crippen molar-refractivity contribution >= 4 is 0 Å². The highest BCUT2D eigenvalue weighted by Gasteiger charge is 2.26. The Morgan fingerprint density at radius 3 is 2.63 bits per heavy atom. The Kier molecular flexibility index (Phi) is 3.36. The van der Waals surface area contributed by atoms with Crippen molar-refractivity contribution in [3.05, 3.63) is 59.2 Å². The Morgan fingerprint density at radius 2 is 1.84 bits per heavy atom. The Balaban J connectivity index is 2.06. The average Bonchev–Trinajstić information content (AvgIpc) is 2.78. The number of hydrogen-bond donors (Lipinski definition) is 2. The van der Waals surface area contributed by atoms with Crippen LogP contribution in [0.1, 0.15) is 29.2 Å². The number of benzene rings is 2. The summed E-state index contributed by atoms with van der Waals surface area (Å²) in [6, 6.07) is 15.6. The van der Waals surface area contributed by atoms with E-state index in [0.29, 0.717) is 6.04 Å². The molecule has 0 saturated carbocycles. The van der Waals surface area contributed by atoms with Gasteiger partial charge in [0.25, 0.3) is 0 Å². The Bertz CT molecular complexity index is 592. The highest BCUT2D eigenvalue weighted by Crippen LogP contribution is 2.43. The average molecular weight is 253 g/mol. The molecule has 3 rings (SSSR count). The summed E-state index contributed by atoms with van der Waals surface area (Å²) in [5.41, 5.74) is 6.70. The fourth-order valence-corrected chi connectivity index (χ4v) is 3.00. The molecule has 19 heavy (non-hydrogen) atoms. The second kappa shape index (κ2) is 5.16. The molecule has 2 heteroatoms. The molecule has 0 amide bonds. The van der Waals surface area contributed by atoms with Gasteiger partial charge in [-0.1, -0.05) is 42.5 Å². The van der Waals surface area contributed by atoms with E-state index in [1.807, 2.05) is 7.05 Å². The molecular formula is C17H19NO. The molecule has 2 nitrogen and oxygen atoms in total. The van der Waals surface area contributed by atoms with E-state index in [1.165, 1.54) is 27.8 Å². The quantitative estimate of drug-likeness (QED) is 0.878. The lowest BCUT2D eigenvalue weighted by Crippen LogP contribution is -2.14. The van der Waals surface area contributed by atoms with Crippen molar-refractivity contribution in [2.45, 2.75) is 18.9 Å². The van der Waals surface area contributed by atoms with Gasteiger partial charge in [-0.15, -0.1) is 0 Å². The van der Waals surface area contributed by atoms with Gasteiger partial charge >= 0.3 is 0 Å². The summed E-state index contributed by atoms with van der Waals surface area (Å²) in [5.74, 6) is 0. The summed E-state index contributed by atoms with van der Waals surface area (Å²) in [4.78, 5) is 0. The third-order valence-corrected chi connectivity index (χ3v) is 3.90. The van der Waals surface area contributed by atoms with E-state index in [0.717, 1.165) is 12.8 Å². The lowest BCUT2D eigenvalue weighted by Gasteiger charge is -2.12. The fraction of sp³-hybridized carbons (Fsp3) is 0.294. The fourth-order valence-electron chi connectivity index (χ4n) is 3.00. The third-order valence-electron chi connectivity index (χ3n) is 3.90. The lowest BCUT2D eigenvalue weighted by molar-refractivity contribution is 0.288. The van der Waals surface area contributed by atoms with Gasteiger partial charge in [-0.05, 0) is 47.7 Å². The van der Waals surface area contributed by atoms with E-state index >= 15 is 0 Å². The maximum atomic E-state index is 8.95.